The molecule has 0 aliphatic carbocycles. The maximum atomic E-state index is 4.61. The summed E-state index contributed by atoms with van der Waals surface area (Å²) < 4.78 is 0. The Bertz CT molecular complexity index is 856. The summed E-state index contributed by atoms with van der Waals surface area (Å²) in [6, 6.07) is 14.6. The molecule has 3 nitrogen and oxygen atoms in total. The standard InChI is InChI=1S/C20H21N3S/c1-13-10-14(2)19(15(3)11-13)16(4)22-23-20-21-18(12-24-20)17-8-6-5-7-9-17/h5-12H,1-4H3,(H,21,23)/b22-16+. The van der Waals surface area contributed by atoms with Crippen LogP contribution in [-0.2, 0) is 0 Å². The van der Waals surface area contributed by atoms with Crippen LogP contribution in [0.15, 0.2) is 52.9 Å². The van der Waals surface area contributed by atoms with Crippen LogP contribution in [0.2, 0.25) is 0 Å². The molecule has 0 aliphatic rings. The molecular weight excluding hydrogens is 314 g/mol. The van der Waals surface area contributed by atoms with Gasteiger partial charge in [-0.05, 0) is 38.8 Å². The predicted octanol–water partition coefficient (Wildman–Crippen LogP) is 5.57. The van der Waals surface area contributed by atoms with Crippen molar-refractivity contribution >= 4 is 22.2 Å². The Kier molecular flexibility index (Phi) is 4.76. The van der Waals surface area contributed by atoms with E-state index in [0.717, 1.165) is 22.1 Å². The lowest BCUT2D eigenvalue weighted by molar-refractivity contribution is 1.25. The Hall–Kier alpha value is -2.46. The van der Waals surface area contributed by atoms with Gasteiger partial charge in [0.15, 0.2) is 0 Å². The summed E-state index contributed by atoms with van der Waals surface area (Å²) in [5, 5.41) is 7.39. The first-order valence-corrected chi connectivity index (χ1v) is 8.82. The molecule has 1 N–H and O–H groups in total. The second-order valence-electron chi connectivity index (χ2n) is 5.99. The number of thiazole rings is 1. The average Bonchev–Trinajstić information content (AvgIpc) is 3.02. The van der Waals surface area contributed by atoms with Crippen LogP contribution in [0.25, 0.3) is 11.3 Å². The van der Waals surface area contributed by atoms with Crippen LogP contribution in [0.5, 0.6) is 0 Å². The van der Waals surface area contributed by atoms with E-state index in [4.69, 9.17) is 0 Å². The normalized spacial score (nSPS) is 11.6. The summed E-state index contributed by atoms with van der Waals surface area (Å²) in [4.78, 5) is 4.61. The molecule has 0 spiro atoms. The van der Waals surface area contributed by atoms with Crippen molar-refractivity contribution in [2.75, 3.05) is 5.43 Å². The van der Waals surface area contributed by atoms with E-state index in [0.29, 0.717) is 0 Å². The van der Waals surface area contributed by atoms with Gasteiger partial charge in [0.2, 0.25) is 5.13 Å². The third-order valence-corrected chi connectivity index (χ3v) is 4.68. The first kappa shape index (κ1) is 16.4. The minimum atomic E-state index is 0.802. The molecule has 24 heavy (non-hydrogen) atoms. The number of nitrogens with one attached hydrogen (secondary N) is 1. The van der Waals surface area contributed by atoms with Gasteiger partial charge in [-0.2, -0.15) is 5.10 Å². The van der Waals surface area contributed by atoms with Gasteiger partial charge in [0.1, 0.15) is 0 Å². The molecule has 2 aromatic carbocycles. The summed E-state index contributed by atoms with van der Waals surface area (Å²) >= 11 is 1.56. The molecule has 0 saturated carbocycles. The fourth-order valence-corrected chi connectivity index (χ4v) is 3.67. The molecule has 0 amide bonds. The Morgan fingerprint density at radius 2 is 1.71 bits per heavy atom. The molecular formula is C20H21N3S. The molecule has 3 aromatic rings. The van der Waals surface area contributed by atoms with Crippen LogP contribution in [0.1, 0.15) is 29.2 Å². The highest BCUT2D eigenvalue weighted by molar-refractivity contribution is 7.14. The summed E-state index contributed by atoms with van der Waals surface area (Å²) in [5.41, 5.74) is 11.1. The number of rotatable bonds is 4. The largest absolute Gasteiger partial charge is 0.252 e. The summed E-state index contributed by atoms with van der Waals surface area (Å²) in [6.45, 7) is 8.41. The van der Waals surface area contributed by atoms with Crippen molar-refractivity contribution in [1.29, 1.82) is 0 Å². The maximum Gasteiger partial charge on any atom is 0.203 e. The molecule has 0 radical (unpaired) electrons. The molecule has 1 heterocycles. The van der Waals surface area contributed by atoms with Gasteiger partial charge in [-0.1, -0.05) is 48.0 Å². The van der Waals surface area contributed by atoms with Crippen molar-refractivity contribution < 1.29 is 0 Å². The van der Waals surface area contributed by atoms with E-state index in [9.17, 15) is 0 Å². The van der Waals surface area contributed by atoms with Crippen LogP contribution in [0.3, 0.4) is 0 Å². The SMILES string of the molecule is C/C(=N\Nc1nc(-c2ccccc2)cs1)c1c(C)cc(C)cc1C. The zero-order chi connectivity index (χ0) is 17.1. The van der Waals surface area contributed by atoms with E-state index in [2.05, 4.69) is 60.5 Å². The van der Waals surface area contributed by atoms with Gasteiger partial charge in [0.25, 0.3) is 0 Å². The maximum absolute atomic E-state index is 4.61. The van der Waals surface area contributed by atoms with Gasteiger partial charge < -0.3 is 0 Å². The van der Waals surface area contributed by atoms with Gasteiger partial charge in [-0.3, -0.25) is 5.43 Å². The van der Waals surface area contributed by atoms with Gasteiger partial charge in [-0.15, -0.1) is 11.3 Å². The summed E-state index contributed by atoms with van der Waals surface area (Å²) in [5.74, 6) is 0. The molecule has 0 atom stereocenters. The Morgan fingerprint density at radius 3 is 2.38 bits per heavy atom. The Balaban J connectivity index is 1.80. The number of aromatic nitrogens is 1. The monoisotopic (exact) mass is 335 g/mol. The van der Waals surface area contributed by atoms with Gasteiger partial charge in [0.05, 0.1) is 11.4 Å². The van der Waals surface area contributed by atoms with Crippen LogP contribution in [0.4, 0.5) is 5.13 Å². The third kappa shape index (κ3) is 3.54. The number of nitrogens with zero attached hydrogens (tertiary/aromatic N) is 2. The molecule has 3 rings (SSSR count). The molecule has 0 bridgehead atoms. The fourth-order valence-electron chi connectivity index (χ4n) is 3.00. The third-order valence-electron chi connectivity index (χ3n) is 3.93. The quantitative estimate of drug-likeness (QED) is 0.500. The van der Waals surface area contributed by atoms with Crippen LogP contribution in [-0.4, -0.2) is 10.7 Å². The number of hydrogen-bond acceptors (Lipinski definition) is 4. The number of anilines is 1. The highest BCUT2D eigenvalue weighted by Gasteiger charge is 2.08. The Labute approximate surface area is 147 Å². The first-order chi connectivity index (χ1) is 11.5. The van der Waals surface area contributed by atoms with Crippen molar-refractivity contribution in [2.45, 2.75) is 27.7 Å². The van der Waals surface area contributed by atoms with Crippen LogP contribution >= 0.6 is 11.3 Å². The highest BCUT2D eigenvalue weighted by Crippen LogP contribution is 2.25. The zero-order valence-corrected chi connectivity index (χ0v) is 15.2. The molecule has 0 aliphatic heterocycles. The van der Waals surface area contributed by atoms with Crippen molar-refractivity contribution in [1.82, 2.24) is 4.98 Å². The van der Waals surface area contributed by atoms with Gasteiger partial charge >= 0.3 is 0 Å². The number of benzene rings is 2. The van der Waals surface area contributed by atoms with Crippen LogP contribution < -0.4 is 5.43 Å². The summed E-state index contributed by atoms with van der Waals surface area (Å²) in [7, 11) is 0. The van der Waals surface area contributed by atoms with E-state index in [1.165, 1.54) is 22.3 Å². The smallest absolute Gasteiger partial charge is 0.203 e. The lowest BCUT2D eigenvalue weighted by Gasteiger charge is -2.10. The number of aryl methyl sites for hydroxylation is 3. The van der Waals surface area contributed by atoms with E-state index in [1.807, 2.05) is 30.5 Å². The topological polar surface area (TPSA) is 37.3 Å². The molecule has 0 fully saturated rings. The zero-order valence-electron chi connectivity index (χ0n) is 14.4. The van der Waals surface area contributed by atoms with E-state index in [-0.39, 0.29) is 0 Å². The lowest BCUT2D eigenvalue weighted by atomic mass is 9.97. The minimum Gasteiger partial charge on any atom is -0.252 e. The second kappa shape index (κ2) is 6.97. The van der Waals surface area contributed by atoms with Gasteiger partial charge in [0, 0.05) is 16.5 Å². The minimum absolute atomic E-state index is 0.802. The number of hydrazone groups is 1. The van der Waals surface area contributed by atoms with E-state index < -0.39 is 0 Å². The van der Waals surface area contributed by atoms with Crippen molar-refractivity contribution in [3.05, 3.63) is 70.1 Å². The molecule has 0 unspecified atom stereocenters. The molecule has 0 saturated heterocycles. The van der Waals surface area contributed by atoms with Crippen molar-refractivity contribution in [2.24, 2.45) is 5.10 Å². The first-order valence-electron chi connectivity index (χ1n) is 7.94. The lowest BCUT2D eigenvalue weighted by Crippen LogP contribution is -2.05. The van der Waals surface area contributed by atoms with Crippen molar-refractivity contribution in [3.8, 4) is 11.3 Å². The number of hydrogen-bond donors (Lipinski definition) is 1. The summed E-state index contributed by atoms with van der Waals surface area (Å²) in [6.07, 6.45) is 0. The van der Waals surface area contributed by atoms with E-state index in [1.54, 1.807) is 11.3 Å². The van der Waals surface area contributed by atoms with Gasteiger partial charge in [-0.25, -0.2) is 4.98 Å². The highest BCUT2D eigenvalue weighted by atomic mass is 32.1. The van der Waals surface area contributed by atoms with Crippen molar-refractivity contribution in [3.63, 3.8) is 0 Å². The molecule has 1 aromatic heterocycles. The second-order valence-corrected chi connectivity index (χ2v) is 6.84. The van der Waals surface area contributed by atoms with Crippen LogP contribution in [0, 0.1) is 20.8 Å². The molecule has 122 valence electrons. The Morgan fingerprint density at radius 1 is 1.04 bits per heavy atom. The average molecular weight is 335 g/mol. The molecule has 4 heteroatoms. The fraction of sp³-hybridized carbons (Fsp3) is 0.200. The predicted molar refractivity (Wildman–Crippen MR) is 104 cm³/mol. The van der Waals surface area contributed by atoms with E-state index >= 15 is 0 Å².